The summed E-state index contributed by atoms with van der Waals surface area (Å²) in [7, 11) is 0. The molecule has 0 atom stereocenters. The van der Waals surface area contributed by atoms with Gasteiger partial charge < -0.3 is 11.1 Å². The van der Waals surface area contributed by atoms with Crippen molar-refractivity contribution in [1.82, 2.24) is 0 Å². The van der Waals surface area contributed by atoms with Gasteiger partial charge >= 0.3 is 6.18 Å². The second-order valence-electron chi connectivity index (χ2n) is 4.81. The molecule has 0 fully saturated rings. The Kier molecular flexibility index (Phi) is 5.64. The van der Waals surface area contributed by atoms with Crippen LogP contribution in [0.25, 0.3) is 0 Å². The molecule has 0 unspecified atom stereocenters. The van der Waals surface area contributed by atoms with Crippen molar-refractivity contribution in [2.75, 3.05) is 11.9 Å². The number of nitrogens with two attached hydrogens (primary N) is 1. The summed E-state index contributed by atoms with van der Waals surface area (Å²) in [6.07, 6.45) is -3.74. The molecule has 0 aromatic heterocycles. The molecule has 3 N–H and O–H groups in total. The highest BCUT2D eigenvalue weighted by atomic mass is 35.5. The van der Waals surface area contributed by atoms with E-state index in [-0.39, 0.29) is 11.6 Å². The van der Waals surface area contributed by atoms with E-state index >= 15 is 0 Å². The van der Waals surface area contributed by atoms with Gasteiger partial charge in [-0.1, -0.05) is 31.5 Å². The van der Waals surface area contributed by atoms with Crippen LogP contribution in [0.3, 0.4) is 0 Å². The number of rotatable bonds is 5. The van der Waals surface area contributed by atoms with Crippen molar-refractivity contribution in [3.05, 3.63) is 28.8 Å². The lowest BCUT2D eigenvalue weighted by molar-refractivity contribution is -0.137. The number of carbonyl (C=O) groups is 1. The lowest BCUT2D eigenvalue weighted by Crippen LogP contribution is -2.41. The van der Waals surface area contributed by atoms with Crippen molar-refractivity contribution in [2.45, 2.75) is 32.9 Å². The summed E-state index contributed by atoms with van der Waals surface area (Å²) < 4.78 is 39.0. The number of para-hydroxylation sites is 1. The van der Waals surface area contributed by atoms with Crippen LogP contribution in [-0.4, -0.2) is 12.5 Å². The van der Waals surface area contributed by atoms with E-state index in [0.29, 0.717) is 12.8 Å². The van der Waals surface area contributed by atoms with E-state index in [2.05, 4.69) is 5.32 Å². The van der Waals surface area contributed by atoms with Gasteiger partial charge in [0.15, 0.2) is 0 Å². The van der Waals surface area contributed by atoms with Crippen LogP contribution in [0.4, 0.5) is 18.9 Å². The summed E-state index contributed by atoms with van der Waals surface area (Å²) >= 11 is 5.81. The zero-order valence-corrected chi connectivity index (χ0v) is 12.6. The van der Waals surface area contributed by atoms with Crippen molar-refractivity contribution in [1.29, 1.82) is 0 Å². The van der Waals surface area contributed by atoms with E-state index in [4.69, 9.17) is 17.3 Å². The molecule has 1 aromatic carbocycles. The molecule has 0 aliphatic heterocycles. The topological polar surface area (TPSA) is 55.1 Å². The largest absolute Gasteiger partial charge is 0.418 e. The van der Waals surface area contributed by atoms with Crippen LogP contribution < -0.4 is 11.1 Å². The minimum atomic E-state index is -4.60. The minimum absolute atomic E-state index is 0.0532. The first kappa shape index (κ1) is 17.8. The smallest absolute Gasteiger partial charge is 0.329 e. The van der Waals surface area contributed by atoms with Gasteiger partial charge in [0.1, 0.15) is 0 Å². The molecule has 1 amide bonds. The van der Waals surface area contributed by atoms with Crippen LogP contribution in [-0.2, 0) is 11.0 Å². The van der Waals surface area contributed by atoms with E-state index in [1.165, 1.54) is 12.1 Å². The maximum atomic E-state index is 13.0. The van der Waals surface area contributed by atoms with E-state index in [1.807, 2.05) is 0 Å². The third-order valence-electron chi connectivity index (χ3n) is 3.78. The standard InChI is InChI=1S/C14H18ClF3N2O/c1-3-13(4-2,8-19)12(21)20-11-9(14(16,17)18)6-5-7-10(11)15/h5-7H,3-4,8,19H2,1-2H3,(H,20,21). The monoisotopic (exact) mass is 322 g/mol. The summed E-state index contributed by atoms with van der Waals surface area (Å²) in [5, 5.41) is 2.15. The molecule has 0 saturated carbocycles. The molecule has 0 saturated heterocycles. The molecule has 0 spiro atoms. The van der Waals surface area contributed by atoms with Crippen molar-refractivity contribution >= 4 is 23.2 Å². The van der Waals surface area contributed by atoms with Gasteiger partial charge in [-0.2, -0.15) is 13.2 Å². The fraction of sp³-hybridized carbons (Fsp3) is 0.500. The van der Waals surface area contributed by atoms with Crippen molar-refractivity contribution in [3.63, 3.8) is 0 Å². The zero-order chi connectivity index (χ0) is 16.3. The van der Waals surface area contributed by atoms with Gasteiger partial charge in [-0.25, -0.2) is 0 Å². The highest BCUT2D eigenvalue weighted by Crippen LogP contribution is 2.39. The minimum Gasteiger partial charge on any atom is -0.329 e. The third kappa shape index (κ3) is 3.68. The average Bonchev–Trinajstić information content (AvgIpc) is 2.42. The number of hydrogen-bond acceptors (Lipinski definition) is 2. The second-order valence-corrected chi connectivity index (χ2v) is 5.21. The van der Waals surface area contributed by atoms with Gasteiger partial charge in [-0.3, -0.25) is 4.79 Å². The SMILES string of the molecule is CCC(CC)(CN)C(=O)Nc1c(Cl)cccc1C(F)(F)F. The third-order valence-corrected chi connectivity index (χ3v) is 4.10. The molecule has 3 nitrogen and oxygen atoms in total. The molecular weight excluding hydrogens is 305 g/mol. The molecule has 0 radical (unpaired) electrons. The Hall–Kier alpha value is -1.27. The molecule has 0 bridgehead atoms. The second kappa shape index (κ2) is 6.66. The number of amides is 1. The molecular formula is C14H18ClF3N2O. The van der Waals surface area contributed by atoms with Crippen LogP contribution in [0.5, 0.6) is 0 Å². The first-order valence-electron chi connectivity index (χ1n) is 6.59. The summed E-state index contributed by atoms with van der Waals surface area (Å²) in [5.74, 6) is -0.548. The molecule has 0 aliphatic carbocycles. The normalized spacial score (nSPS) is 12.3. The average molecular weight is 323 g/mol. The summed E-state index contributed by atoms with van der Waals surface area (Å²) in [6, 6.07) is 3.37. The van der Waals surface area contributed by atoms with Gasteiger partial charge in [0.05, 0.1) is 21.7 Å². The van der Waals surface area contributed by atoms with Gasteiger partial charge in [0, 0.05) is 6.54 Å². The lowest BCUT2D eigenvalue weighted by Gasteiger charge is -2.29. The van der Waals surface area contributed by atoms with Crippen LogP contribution in [0.2, 0.25) is 5.02 Å². The Morgan fingerprint density at radius 2 is 1.86 bits per heavy atom. The Labute approximate surface area is 126 Å². The van der Waals surface area contributed by atoms with E-state index < -0.39 is 28.7 Å². The molecule has 7 heteroatoms. The number of carbonyl (C=O) groups excluding carboxylic acids is 1. The molecule has 21 heavy (non-hydrogen) atoms. The Balaban J connectivity index is 3.22. The van der Waals surface area contributed by atoms with Gasteiger partial charge in [0.2, 0.25) is 5.91 Å². The van der Waals surface area contributed by atoms with Crippen molar-refractivity contribution < 1.29 is 18.0 Å². The Bertz CT molecular complexity index is 505. The fourth-order valence-corrected chi connectivity index (χ4v) is 2.31. The number of halogens is 4. The van der Waals surface area contributed by atoms with Gasteiger partial charge in [0.25, 0.3) is 0 Å². The molecule has 0 heterocycles. The van der Waals surface area contributed by atoms with Crippen LogP contribution in [0.15, 0.2) is 18.2 Å². The Morgan fingerprint density at radius 1 is 1.29 bits per heavy atom. The quantitative estimate of drug-likeness (QED) is 0.858. The van der Waals surface area contributed by atoms with Crippen LogP contribution in [0, 0.1) is 5.41 Å². The highest BCUT2D eigenvalue weighted by Gasteiger charge is 2.38. The van der Waals surface area contributed by atoms with E-state index in [9.17, 15) is 18.0 Å². The van der Waals surface area contributed by atoms with Gasteiger partial charge in [-0.15, -0.1) is 0 Å². The molecule has 0 aliphatic rings. The first-order valence-corrected chi connectivity index (χ1v) is 6.97. The fourth-order valence-electron chi connectivity index (χ4n) is 2.09. The highest BCUT2D eigenvalue weighted by molar-refractivity contribution is 6.34. The maximum Gasteiger partial charge on any atom is 0.418 e. The Morgan fingerprint density at radius 3 is 2.29 bits per heavy atom. The summed E-state index contributed by atoms with van der Waals surface area (Å²) in [6.45, 7) is 3.60. The first-order chi connectivity index (χ1) is 9.71. The molecule has 118 valence electrons. The number of anilines is 1. The maximum absolute atomic E-state index is 13.0. The predicted molar refractivity (Wildman–Crippen MR) is 77.2 cm³/mol. The van der Waals surface area contributed by atoms with Gasteiger partial charge in [-0.05, 0) is 25.0 Å². The van der Waals surface area contributed by atoms with E-state index in [0.717, 1.165) is 6.07 Å². The number of hydrogen-bond donors (Lipinski definition) is 2. The summed E-state index contributed by atoms with van der Waals surface area (Å²) in [4.78, 5) is 12.3. The predicted octanol–water partition coefficient (Wildman–Crippen LogP) is 4.06. The number of alkyl halides is 3. The van der Waals surface area contributed by atoms with Crippen molar-refractivity contribution in [3.8, 4) is 0 Å². The lowest BCUT2D eigenvalue weighted by atomic mass is 9.81. The number of benzene rings is 1. The molecule has 1 aromatic rings. The van der Waals surface area contributed by atoms with E-state index in [1.54, 1.807) is 13.8 Å². The summed E-state index contributed by atoms with van der Waals surface area (Å²) in [5.41, 5.74) is 3.34. The number of nitrogens with one attached hydrogen (secondary N) is 1. The zero-order valence-electron chi connectivity index (χ0n) is 11.9. The van der Waals surface area contributed by atoms with Crippen LogP contribution >= 0.6 is 11.6 Å². The molecule has 1 rings (SSSR count). The van der Waals surface area contributed by atoms with Crippen LogP contribution in [0.1, 0.15) is 32.3 Å². The van der Waals surface area contributed by atoms with Crippen molar-refractivity contribution in [2.24, 2.45) is 11.1 Å².